The predicted octanol–water partition coefficient (Wildman–Crippen LogP) is 3.93. The van der Waals surface area contributed by atoms with Gasteiger partial charge >= 0.3 is 0 Å². The summed E-state index contributed by atoms with van der Waals surface area (Å²) in [6.45, 7) is 3.35. The summed E-state index contributed by atoms with van der Waals surface area (Å²) in [5.41, 5.74) is 1.21. The molecule has 0 saturated carbocycles. The lowest BCUT2D eigenvalue weighted by Gasteiger charge is -2.24. The largest absolute Gasteiger partial charge is 0.421 e. The minimum absolute atomic E-state index is 0.0111. The maximum atomic E-state index is 14.7. The van der Waals surface area contributed by atoms with Crippen LogP contribution in [0.5, 0.6) is 0 Å². The van der Waals surface area contributed by atoms with E-state index in [1.165, 1.54) is 10.4 Å². The molecule has 6 nitrogen and oxygen atoms in total. The molecule has 3 rings (SSSR count). The zero-order valence-corrected chi connectivity index (χ0v) is 15.9. The lowest BCUT2D eigenvalue weighted by atomic mass is 10.1. The topological polar surface area (TPSA) is 76.3 Å². The number of para-hydroxylation sites is 1. The molecule has 0 spiro atoms. The second-order valence-corrected chi connectivity index (χ2v) is 8.10. The first-order valence-corrected chi connectivity index (χ1v) is 10.2. The summed E-state index contributed by atoms with van der Waals surface area (Å²) in [7, 11) is -3.57. The Morgan fingerprint density at radius 3 is 2.44 bits per heavy atom. The molecule has 0 fully saturated rings. The first-order valence-electron chi connectivity index (χ1n) is 8.55. The van der Waals surface area contributed by atoms with E-state index < -0.39 is 15.8 Å². The highest BCUT2D eigenvalue weighted by Crippen LogP contribution is 2.25. The number of rotatable bonds is 7. The molecular weight excluding hydrogens is 369 g/mol. The van der Waals surface area contributed by atoms with E-state index in [4.69, 9.17) is 4.42 Å². The zero-order valence-electron chi connectivity index (χ0n) is 15.1. The molecule has 0 aliphatic carbocycles. The van der Waals surface area contributed by atoms with Gasteiger partial charge in [-0.2, -0.15) is 0 Å². The van der Waals surface area contributed by atoms with Gasteiger partial charge in [-0.05, 0) is 30.7 Å². The number of benzene rings is 2. The Hall–Kier alpha value is -2.74. The summed E-state index contributed by atoms with van der Waals surface area (Å²) in [6, 6.07) is 13.2. The molecule has 0 unspecified atom stereocenters. The second-order valence-electron chi connectivity index (χ2n) is 6.09. The van der Waals surface area contributed by atoms with Crippen molar-refractivity contribution in [1.82, 2.24) is 10.2 Å². The molecule has 1 aromatic heterocycles. The minimum Gasteiger partial charge on any atom is -0.421 e. The third kappa shape index (κ3) is 4.33. The van der Waals surface area contributed by atoms with E-state index in [-0.39, 0.29) is 23.8 Å². The fraction of sp³-hybridized carbons (Fsp3) is 0.263. The Kier molecular flexibility index (Phi) is 5.55. The molecule has 2 aromatic carbocycles. The fourth-order valence-corrected chi connectivity index (χ4v) is 4.20. The van der Waals surface area contributed by atoms with Crippen molar-refractivity contribution in [2.24, 2.45) is 0 Å². The zero-order chi connectivity index (χ0) is 19.4. The monoisotopic (exact) mass is 389 g/mol. The van der Waals surface area contributed by atoms with Crippen molar-refractivity contribution in [2.75, 3.05) is 10.1 Å². The predicted molar refractivity (Wildman–Crippen MR) is 101 cm³/mol. The van der Waals surface area contributed by atoms with Crippen molar-refractivity contribution in [3.63, 3.8) is 0 Å². The van der Waals surface area contributed by atoms with Gasteiger partial charge < -0.3 is 4.42 Å². The van der Waals surface area contributed by atoms with E-state index in [1.54, 1.807) is 56.3 Å². The molecule has 0 amide bonds. The molecule has 3 aromatic rings. The standard InChI is InChI=1S/C19H20FN3O3S/c1-3-11-27(24,25)23(17-7-5-4-6-8-17)13-16-10-9-15(12-18(16)20)19-22-21-14(2)26-19/h4-10,12H,3,11,13H2,1-2H3. The van der Waals surface area contributed by atoms with E-state index >= 15 is 0 Å². The summed E-state index contributed by atoms with van der Waals surface area (Å²) >= 11 is 0. The fourth-order valence-electron chi connectivity index (χ4n) is 2.69. The average Bonchev–Trinajstić information content (AvgIpc) is 3.07. The van der Waals surface area contributed by atoms with Crippen LogP contribution in [0.2, 0.25) is 0 Å². The van der Waals surface area contributed by atoms with Gasteiger partial charge in [-0.15, -0.1) is 10.2 Å². The van der Waals surface area contributed by atoms with Gasteiger partial charge in [0.05, 0.1) is 18.0 Å². The van der Waals surface area contributed by atoms with E-state index in [2.05, 4.69) is 10.2 Å². The molecule has 0 saturated heterocycles. The Morgan fingerprint density at radius 1 is 1.11 bits per heavy atom. The van der Waals surface area contributed by atoms with E-state index in [0.29, 0.717) is 23.6 Å². The van der Waals surface area contributed by atoms with Crippen molar-refractivity contribution in [3.05, 3.63) is 65.8 Å². The summed E-state index contributed by atoms with van der Waals surface area (Å²) in [4.78, 5) is 0. The molecule has 0 radical (unpaired) electrons. The SMILES string of the molecule is CCCS(=O)(=O)N(Cc1ccc(-c2nnc(C)o2)cc1F)c1ccccc1. The lowest BCUT2D eigenvalue weighted by molar-refractivity contribution is 0.531. The number of halogens is 1. The molecule has 0 aliphatic rings. The maximum absolute atomic E-state index is 14.7. The van der Waals surface area contributed by atoms with Gasteiger partial charge in [0.2, 0.25) is 21.8 Å². The number of anilines is 1. The number of aromatic nitrogens is 2. The highest BCUT2D eigenvalue weighted by atomic mass is 32.2. The van der Waals surface area contributed by atoms with Crippen LogP contribution >= 0.6 is 0 Å². The van der Waals surface area contributed by atoms with Crippen LogP contribution in [0.1, 0.15) is 24.8 Å². The van der Waals surface area contributed by atoms with Crippen molar-refractivity contribution in [3.8, 4) is 11.5 Å². The van der Waals surface area contributed by atoms with Gasteiger partial charge in [0.25, 0.3) is 0 Å². The third-order valence-corrected chi connectivity index (χ3v) is 5.92. The van der Waals surface area contributed by atoms with Gasteiger partial charge in [-0.3, -0.25) is 4.31 Å². The number of nitrogens with zero attached hydrogens (tertiary/aromatic N) is 3. The first kappa shape index (κ1) is 19.0. The maximum Gasteiger partial charge on any atom is 0.247 e. The van der Waals surface area contributed by atoms with Crippen molar-refractivity contribution < 1.29 is 17.2 Å². The van der Waals surface area contributed by atoms with Crippen LogP contribution in [0.25, 0.3) is 11.5 Å². The molecule has 142 valence electrons. The lowest BCUT2D eigenvalue weighted by Crippen LogP contribution is -2.32. The van der Waals surface area contributed by atoms with Crippen molar-refractivity contribution in [1.29, 1.82) is 0 Å². The van der Waals surface area contributed by atoms with E-state index in [9.17, 15) is 12.8 Å². The van der Waals surface area contributed by atoms with Crippen LogP contribution < -0.4 is 4.31 Å². The van der Waals surface area contributed by atoms with Crippen molar-refractivity contribution in [2.45, 2.75) is 26.8 Å². The normalized spacial score (nSPS) is 11.5. The average molecular weight is 389 g/mol. The van der Waals surface area contributed by atoms with E-state index in [1.807, 2.05) is 0 Å². The first-order chi connectivity index (χ1) is 12.9. The van der Waals surface area contributed by atoms with Crippen LogP contribution in [-0.2, 0) is 16.6 Å². The van der Waals surface area contributed by atoms with Gasteiger partial charge in [0.1, 0.15) is 5.82 Å². The number of aryl methyl sites for hydroxylation is 1. The van der Waals surface area contributed by atoms with Crippen LogP contribution in [0.4, 0.5) is 10.1 Å². The molecule has 27 heavy (non-hydrogen) atoms. The molecule has 0 N–H and O–H groups in total. The molecule has 0 bridgehead atoms. The smallest absolute Gasteiger partial charge is 0.247 e. The number of hydrogen-bond acceptors (Lipinski definition) is 5. The van der Waals surface area contributed by atoms with Gasteiger partial charge in [0, 0.05) is 18.1 Å². The summed E-state index contributed by atoms with van der Waals surface area (Å²) < 4.78 is 46.6. The highest BCUT2D eigenvalue weighted by molar-refractivity contribution is 7.92. The van der Waals surface area contributed by atoms with Crippen LogP contribution in [0.3, 0.4) is 0 Å². The molecule has 1 heterocycles. The Labute approximate surface area is 157 Å². The van der Waals surface area contributed by atoms with E-state index in [0.717, 1.165) is 0 Å². The van der Waals surface area contributed by atoms with Gasteiger partial charge in [-0.1, -0.05) is 31.2 Å². The third-order valence-electron chi connectivity index (χ3n) is 3.98. The van der Waals surface area contributed by atoms with Crippen LogP contribution in [0, 0.1) is 12.7 Å². The molecule has 8 heteroatoms. The quantitative estimate of drug-likeness (QED) is 0.612. The molecular formula is C19H20FN3O3S. The Morgan fingerprint density at radius 2 is 1.85 bits per heavy atom. The summed E-state index contributed by atoms with van der Waals surface area (Å²) in [5, 5.41) is 7.60. The Balaban J connectivity index is 1.94. The van der Waals surface area contributed by atoms with Crippen molar-refractivity contribution >= 4 is 15.7 Å². The summed E-state index contributed by atoms with van der Waals surface area (Å²) in [6.07, 6.45) is 0.476. The van der Waals surface area contributed by atoms with Gasteiger partial charge in [0.15, 0.2) is 0 Å². The summed E-state index contributed by atoms with van der Waals surface area (Å²) in [5.74, 6) is 0.0610. The second kappa shape index (κ2) is 7.87. The number of hydrogen-bond donors (Lipinski definition) is 0. The van der Waals surface area contributed by atoms with Gasteiger partial charge in [-0.25, -0.2) is 12.8 Å². The van der Waals surface area contributed by atoms with Crippen LogP contribution in [-0.4, -0.2) is 24.4 Å². The highest BCUT2D eigenvalue weighted by Gasteiger charge is 2.23. The Bertz CT molecular complexity index is 1020. The molecule has 0 aliphatic heterocycles. The minimum atomic E-state index is -3.57. The van der Waals surface area contributed by atoms with Crippen LogP contribution in [0.15, 0.2) is 52.9 Å². The molecule has 0 atom stereocenters. The number of sulfonamides is 1.